The Balaban J connectivity index is 1.29. The third-order valence-electron chi connectivity index (χ3n) is 10.6. The Kier molecular flexibility index (Phi) is 7.31. The van der Waals surface area contributed by atoms with E-state index in [-0.39, 0.29) is 23.3 Å². The van der Waals surface area contributed by atoms with Gasteiger partial charge in [0.15, 0.2) is 0 Å². The molecule has 1 saturated heterocycles. The number of hydrogen-bond acceptors (Lipinski definition) is 7. The van der Waals surface area contributed by atoms with Crippen LogP contribution in [0.1, 0.15) is 93.2 Å². The van der Waals surface area contributed by atoms with E-state index >= 15 is 0 Å². The first-order valence-electron chi connectivity index (χ1n) is 15.2. The molecule has 0 bridgehead atoms. The summed E-state index contributed by atoms with van der Waals surface area (Å²) in [4.78, 5) is 33.3. The predicted molar refractivity (Wildman–Crippen MR) is 169 cm³/mol. The molecule has 4 heterocycles. The van der Waals surface area contributed by atoms with Gasteiger partial charge in [-0.3, -0.25) is 14.9 Å². The third-order valence-corrected chi connectivity index (χ3v) is 11.9. The summed E-state index contributed by atoms with van der Waals surface area (Å²) in [7, 11) is 0. The molecule has 2 spiro atoms. The van der Waals surface area contributed by atoms with Gasteiger partial charge in [-0.25, -0.2) is 4.98 Å². The number of benzene rings is 1. The van der Waals surface area contributed by atoms with E-state index in [4.69, 9.17) is 23.2 Å². The molecule has 0 radical (unpaired) electrons. The zero-order valence-corrected chi connectivity index (χ0v) is 26.7. The Morgan fingerprint density at radius 2 is 1.81 bits per heavy atom. The Morgan fingerprint density at radius 3 is 2.51 bits per heavy atom. The van der Waals surface area contributed by atoms with E-state index in [1.165, 1.54) is 0 Å². The van der Waals surface area contributed by atoms with Crippen LogP contribution >= 0.6 is 34.5 Å². The molecule has 2 aliphatic carbocycles. The van der Waals surface area contributed by atoms with E-state index < -0.39 is 22.9 Å². The molecule has 4 aliphatic rings. The molecule has 3 atom stereocenters. The number of carbonyl (C=O) groups is 2. The number of halogens is 2. The molecule has 2 aliphatic heterocycles. The molecular formula is C32H36Cl2N6O2S. The lowest BCUT2D eigenvalue weighted by molar-refractivity contribution is -0.125. The van der Waals surface area contributed by atoms with E-state index in [9.17, 15) is 9.59 Å². The molecule has 3 N–H and O–H groups in total. The number of nitrogens with zero attached hydrogens (tertiary/aromatic N) is 3. The van der Waals surface area contributed by atoms with E-state index in [1.54, 1.807) is 23.0 Å². The molecule has 8 nitrogen and oxygen atoms in total. The molecular weight excluding hydrogens is 603 g/mol. The third kappa shape index (κ3) is 4.78. The van der Waals surface area contributed by atoms with Crippen LogP contribution in [0.2, 0.25) is 10.2 Å². The number of rotatable bonds is 4. The fourth-order valence-electron chi connectivity index (χ4n) is 8.43. The molecule has 11 heteroatoms. The minimum Gasteiger partial charge on any atom is -0.352 e. The lowest BCUT2D eigenvalue weighted by atomic mass is 9.53. The molecule has 2 saturated carbocycles. The van der Waals surface area contributed by atoms with E-state index in [0.29, 0.717) is 21.8 Å². The summed E-state index contributed by atoms with van der Waals surface area (Å²) in [6.07, 6.45) is 8.74. The predicted octanol–water partition coefficient (Wildman–Crippen LogP) is 6.37. The summed E-state index contributed by atoms with van der Waals surface area (Å²) >= 11 is 14.5. The van der Waals surface area contributed by atoms with Crippen LogP contribution in [-0.2, 0) is 15.0 Å². The maximum atomic E-state index is 14.6. The van der Waals surface area contributed by atoms with Crippen LogP contribution in [0.5, 0.6) is 0 Å². The first kappa shape index (κ1) is 29.1. The van der Waals surface area contributed by atoms with Gasteiger partial charge >= 0.3 is 0 Å². The zero-order chi connectivity index (χ0) is 30.0. The maximum Gasteiger partial charge on any atom is 0.238 e. The Bertz CT molecular complexity index is 1550. The lowest BCUT2D eigenvalue weighted by Gasteiger charge is -2.50. The summed E-state index contributed by atoms with van der Waals surface area (Å²) in [6.45, 7) is 4.57. The summed E-state index contributed by atoms with van der Waals surface area (Å²) in [5, 5.41) is 20.7. The van der Waals surface area contributed by atoms with Gasteiger partial charge in [0, 0.05) is 40.3 Å². The maximum absolute atomic E-state index is 14.6. The number of fused-ring (bicyclic) bond motifs is 3. The lowest BCUT2D eigenvalue weighted by Crippen LogP contribution is -2.61. The molecule has 2 amide bonds. The van der Waals surface area contributed by atoms with Crippen molar-refractivity contribution in [2.45, 2.75) is 100 Å². The molecule has 3 aromatic rings. The van der Waals surface area contributed by atoms with Crippen LogP contribution in [-0.4, -0.2) is 44.6 Å². The van der Waals surface area contributed by atoms with Gasteiger partial charge in [0.2, 0.25) is 11.8 Å². The number of aromatic nitrogens is 3. The molecule has 7 rings (SSSR count). The smallest absolute Gasteiger partial charge is 0.238 e. The van der Waals surface area contributed by atoms with Crippen molar-refractivity contribution in [3.05, 3.63) is 68.3 Å². The first-order valence-corrected chi connectivity index (χ1v) is 16.8. The van der Waals surface area contributed by atoms with E-state index in [1.807, 2.05) is 30.3 Å². The Labute approximate surface area is 265 Å². The summed E-state index contributed by atoms with van der Waals surface area (Å²) in [6, 6.07) is 8.78. The van der Waals surface area contributed by atoms with Gasteiger partial charge in [-0.05, 0) is 92.2 Å². The van der Waals surface area contributed by atoms with Gasteiger partial charge in [-0.15, -0.1) is 21.5 Å². The van der Waals surface area contributed by atoms with E-state index in [2.05, 4.69) is 45.0 Å². The monoisotopic (exact) mass is 638 g/mol. The van der Waals surface area contributed by atoms with Crippen LogP contribution in [0.4, 0.5) is 5.69 Å². The highest BCUT2D eigenvalue weighted by Crippen LogP contribution is 2.63. The van der Waals surface area contributed by atoms with Crippen LogP contribution in [0, 0.1) is 5.41 Å². The minimum atomic E-state index is -1.04. The molecule has 1 aromatic carbocycles. The Hall–Kier alpha value is -2.59. The number of pyridine rings is 1. The van der Waals surface area contributed by atoms with Crippen LogP contribution in [0.15, 0.2) is 42.0 Å². The number of hydrogen-bond donors (Lipinski definition) is 3. The quantitative estimate of drug-likeness (QED) is 0.287. The zero-order valence-electron chi connectivity index (χ0n) is 24.3. The summed E-state index contributed by atoms with van der Waals surface area (Å²) < 4.78 is 0. The van der Waals surface area contributed by atoms with Crippen molar-refractivity contribution >= 4 is 52.0 Å². The summed E-state index contributed by atoms with van der Waals surface area (Å²) in [5.74, 6) is -0.287. The SMILES string of the molecule is CC1(C)CCC2(CC1)N[C@@H](C(=O)N[C@H]1CC[C@H](c3nncs3)CC1)[C@H](c1ccnc(Cl)c1)[C@]21C(=O)Nc2cc(Cl)ccc21. The highest BCUT2D eigenvalue weighted by molar-refractivity contribution is 7.09. The topological polar surface area (TPSA) is 109 Å². The average Bonchev–Trinajstić information content (AvgIpc) is 3.68. The van der Waals surface area contributed by atoms with Crippen LogP contribution < -0.4 is 16.0 Å². The number of nitrogens with one attached hydrogen (secondary N) is 3. The minimum absolute atomic E-state index is 0.0569. The Morgan fingerprint density at radius 1 is 1.05 bits per heavy atom. The molecule has 43 heavy (non-hydrogen) atoms. The largest absolute Gasteiger partial charge is 0.352 e. The highest BCUT2D eigenvalue weighted by atomic mass is 35.5. The number of anilines is 1. The van der Waals surface area contributed by atoms with Crippen molar-refractivity contribution in [2.24, 2.45) is 5.41 Å². The first-order chi connectivity index (χ1) is 20.6. The van der Waals surface area contributed by atoms with Gasteiger partial charge in [-0.2, -0.15) is 0 Å². The second kappa shape index (κ2) is 10.8. The van der Waals surface area contributed by atoms with Crippen molar-refractivity contribution in [1.29, 1.82) is 0 Å². The highest BCUT2D eigenvalue weighted by Gasteiger charge is 2.72. The number of amides is 2. The fraction of sp³-hybridized carbons (Fsp3) is 0.531. The standard InChI is InChI=1S/C32H36Cl2N6O2S/c1-30(2)10-12-31(13-11-30)32(22-8-5-20(33)16-23(22)38-29(32)42)25(19-9-14-35-24(34)15-19)26(39-31)27(41)37-21-6-3-18(4-7-21)28-40-36-17-43-28/h5,8-9,14-18,21,25-26,39H,3-4,6-7,10-13H2,1-2H3,(H,37,41)(H,38,42)/t18-,21-,25-,26+,32+/m0/s1. The molecule has 226 valence electrons. The number of carbonyl (C=O) groups excluding carboxylic acids is 2. The summed E-state index contributed by atoms with van der Waals surface area (Å²) in [5.41, 5.74) is 2.68. The molecule has 3 fully saturated rings. The second-order valence-corrected chi connectivity index (χ2v) is 15.2. The van der Waals surface area contributed by atoms with Crippen LogP contribution in [0.3, 0.4) is 0 Å². The van der Waals surface area contributed by atoms with Crippen molar-refractivity contribution in [3.63, 3.8) is 0 Å². The molecule has 2 aromatic heterocycles. The average molecular weight is 640 g/mol. The van der Waals surface area contributed by atoms with Crippen molar-refractivity contribution < 1.29 is 9.59 Å². The fourth-order valence-corrected chi connectivity index (χ4v) is 9.51. The normalized spacial score (nSPS) is 30.7. The van der Waals surface area contributed by atoms with Gasteiger partial charge in [0.25, 0.3) is 0 Å². The van der Waals surface area contributed by atoms with E-state index in [0.717, 1.165) is 67.5 Å². The van der Waals surface area contributed by atoms with Gasteiger partial charge in [0.1, 0.15) is 21.1 Å². The van der Waals surface area contributed by atoms with Crippen molar-refractivity contribution in [2.75, 3.05) is 5.32 Å². The van der Waals surface area contributed by atoms with Crippen molar-refractivity contribution in [3.8, 4) is 0 Å². The molecule has 0 unspecified atom stereocenters. The second-order valence-electron chi connectivity index (χ2n) is 13.5. The van der Waals surface area contributed by atoms with Gasteiger partial charge < -0.3 is 10.6 Å². The van der Waals surface area contributed by atoms with Gasteiger partial charge in [0.05, 0.1) is 6.04 Å². The van der Waals surface area contributed by atoms with Crippen molar-refractivity contribution in [1.82, 2.24) is 25.8 Å². The van der Waals surface area contributed by atoms with Gasteiger partial charge in [-0.1, -0.05) is 43.1 Å². The van der Waals surface area contributed by atoms with Crippen LogP contribution in [0.25, 0.3) is 0 Å².